The minimum absolute atomic E-state index is 0.0704. The summed E-state index contributed by atoms with van der Waals surface area (Å²) in [7, 11) is 0. The largest absolute Gasteiger partial charge is 0.207 e. The number of benzene rings is 2. The molecule has 0 fully saturated rings. The van der Waals surface area contributed by atoms with E-state index in [1.54, 1.807) is 0 Å². The molecule has 0 saturated carbocycles. The van der Waals surface area contributed by atoms with E-state index >= 15 is 0 Å². The number of halogens is 2. The van der Waals surface area contributed by atoms with Gasteiger partial charge in [0, 0.05) is 11.6 Å². The fraction of sp³-hybridized carbons (Fsp3) is 0.294. The molecule has 100 valence electrons. The third kappa shape index (κ3) is 2.83. The highest BCUT2D eigenvalue weighted by molar-refractivity contribution is 5.70. The van der Waals surface area contributed by atoms with E-state index in [4.69, 9.17) is 0 Å². The van der Waals surface area contributed by atoms with Gasteiger partial charge in [0.25, 0.3) is 0 Å². The zero-order chi connectivity index (χ0) is 14.2. The van der Waals surface area contributed by atoms with Crippen LogP contribution in [0.2, 0.25) is 0 Å². The second-order valence-corrected chi connectivity index (χ2v) is 5.38. The van der Waals surface area contributed by atoms with Gasteiger partial charge in [-0.05, 0) is 37.0 Å². The van der Waals surface area contributed by atoms with Crippen molar-refractivity contribution in [1.82, 2.24) is 0 Å². The van der Waals surface area contributed by atoms with Crippen LogP contribution in [0.3, 0.4) is 0 Å². The van der Waals surface area contributed by atoms with Gasteiger partial charge in [-0.1, -0.05) is 43.2 Å². The minimum Gasteiger partial charge on any atom is -0.207 e. The maximum atomic E-state index is 14.2. The first-order chi connectivity index (χ1) is 8.88. The molecule has 19 heavy (non-hydrogen) atoms. The Morgan fingerprint density at radius 3 is 1.95 bits per heavy atom. The molecule has 2 rings (SSSR count). The topological polar surface area (TPSA) is 0 Å². The summed E-state index contributed by atoms with van der Waals surface area (Å²) < 4.78 is 27.6. The molecule has 0 bridgehead atoms. The van der Waals surface area contributed by atoms with Crippen molar-refractivity contribution in [2.45, 2.75) is 33.6 Å². The van der Waals surface area contributed by atoms with Crippen LogP contribution >= 0.6 is 0 Å². The van der Waals surface area contributed by atoms with Crippen LogP contribution in [0.25, 0.3) is 11.1 Å². The zero-order valence-corrected chi connectivity index (χ0v) is 11.7. The van der Waals surface area contributed by atoms with Gasteiger partial charge in [0.05, 0.1) is 0 Å². The molecule has 0 saturated heterocycles. The van der Waals surface area contributed by atoms with Gasteiger partial charge in [0.1, 0.15) is 11.6 Å². The van der Waals surface area contributed by atoms with Crippen molar-refractivity contribution in [3.05, 3.63) is 58.7 Å². The standard InChI is InChI=1S/C17H18F2/c1-10(2)15-8-14(18)9-16(19)17(15)13-6-11(3)5-12(4)7-13/h5-10H,1-4H3. The van der Waals surface area contributed by atoms with Crippen molar-refractivity contribution < 1.29 is 8.78 Å². The number of hydrogen-bond donors (Lipinski definition) is 0. The second-order valence-electron chi connectivity index (χ2n) is 5.38. The van der Waals surface area contributed by atoms with Crippen LogP contribution in [0.5, 0.6) is 0 Å². The van der Waals surface area contributed by atoms with Gasteiger partial charge < -0.3 is 0 Å². The normalized spacial score (nSPS) is 11.1. The Labute approximate surface area is 113 Å². The lowest BCUT2D eigenvalue weighted by Gasteiger charge is -2.15. The van der Waals surface area contributed by atoms with Gasteiger partial charge in [-0.15, -0.1) is 0 Å². The molecule has 2 aromatic rings. The SMILES string of the molecule is Cc1cc(C)cc(-c2c(F)cc(F)cc2C(C)C)c1. The van der Waals surface area contributed by atoms with Crippen molar-refractivity contribution in [1.29, 1.82) is 0 Å². The Kier molecular flexibility index (Phi) is 3.70. The average Bonchev–Trinajstić information content (AvgIpc) is 2.25. The van der Waals surface area contributed by atoms with E-state index in [2.05, 4.69) is 0 Å². The molecule has 0 amide bonds. The molecular formula is C17H18F2. The smallest absolute Gasteiger partial charge is 0.134 e. The minimum atomic E-state index is -0.519. The lowest BCUT2D eigenvalue weighted by Crippen LogP contribution is -1.98. The monoisotopic (exact) mass is 260 g/mol. The van der Waals surface area contributed by atoms with Crippen molar-refractivity contribution in [2.24, 2.45) is 0 Å². The summed E-state index contributed by atoms with van der Waals surface area (Å²) in [6, 6.07) is 8.31. The first-order valence-electron chi connectivity index (χ1n) is 6.46. The molecule has 2 aromatic carbocycles. The van der Waals surface area contributed by atoms with Crippen LogP contribution in [0.1, 0.15) is 36.5 Å². The third-order valence-electron chi connectivity index (χ3n) is 3.22. The lowest BCUT2D eigenvalue weighted by molar-refractivity contribution is 0.580. The molecule has 0 atom stereocenters. The second kappa shape index (κ2) is 5.12. The first kappa shape index (κ1) is 13.7. The zero-order valence-electron chi connectivity index (χ0n) is 11.7. The van der Waals surface area contributed by atoms with E-state index in [9.17, 15) is 8.78 Å². The third-order valence-corrected chi connectivity index (χ3v) is 3.22. The average molecular weight is 260 g/mol. The molecule has 2 heteroatoms. The molecule has 0 aromatic heterocycles. The molecule has 0 nitrogen and oxygen atoms in total. The molecule has 0 aliphatic heterocycles. The Hall–Kier alpha value is -1.70. The summed E-state index contributed by atoms with van der Waals surface area (Å²) in [6.45, 7) is 7.85. The molecule has 0 aliphatic carbocycles. The summed E-state index contributed by atoms with van der Waals surface area (Å²) in [4.78, 5) is 0. The molecule has 0 spiro atoms. The van der Waals surface area contributed by atoms with Gasteiger partial charge >= 0.3 is 0 Å². The van der Waals surface area contributed by atoms with E-state index in [0.29, 0.717) is 11.1 Å². The highest BCUT2D eigenvalue weighted by Gasteiger charge is 2.16. The maximum absolute atomic E-state index is 14.2. The Bertz CT molecular complexity index is 593. The predicted molar refractivity (Wildman–Crippen MR) is 75.4 cm³/mol. The van der Waals surface area contributed by atoms with Crippen LogP contribution in [-0.2, 0) is 0 Å². The highest BCUT2D eigenvalue weighted by Crippen LogP contribution is 2.33. The van der Waals surface area contributed by atoms with Gasteiger partial charge in [0.2, 0.25) is 0 Å². The summed E-state index contributed by atoms with van der Waals surface area (Å²) in [5.41, 5.74) is 4.20. The molecule has 0 heterocycles. The Balaban J connectivity index is 2.73. The van der Waals surface area contributed by atoms with Crippen molar-refractivity contribution in [3.63, 3.8) is 0 Å². The predicted octanol–water partition coefficient (Wildman–Crippen LogP) is 5.37. The van der Waals surface area contributed by atoms with Crippen molar-refractivity contribution in [3.8, 4) is 11.1 Å². The molecule has 0 radical (unpaired) electrons. The number of hydrogen-bond acceptors (Lipinski definition) is 0. The van der Waals surface area contributed by atoms with Crippen LogP contribution < -0.4 is 0 Å². The van der Waals surface area contributed by atoms with E-state index < -0.39 is 11.6 Å². The Morgan fingerprint density at radius 1 is 0.842 bits per heavy atom. The number of rotatable bonds is 2. The lowest BCUT2D eigenvalue weighted by atomic mass is 9.90. The fourth-order valence-electron chi connectivity index (χ4n) is 2.47. The molecule has 0 aliphatic rings. The summed E-state index contributed by atoms with van der Waals surface area (Å²) in [5.74, 6) is -0.941. The molecule has 0 N–H and O–H groups in total. The molecule has 0 unspecified atom stereocenters. The van der Waals surface area contributed by atoms with E-state index in [1.165, 1.54) is 6.07 Å². The summed E-state index contributed by atoms with van der Waals surface area (Å²) in [6.07, 6.45) is 0. The Morgan fingerprint density at radius 2 is 1.42 bits per heavy atom. The summed E-state index contributed by atoms with van der Waals surface area (Å²) in [5, 5.41) is 0. The van der Waals surface area contributed by atoms with E-state index in [1.807, 2.05) is 45.9 Å². The van der Waals surface area contributed by atoms with E-state index in [-0.39, 0.29) is 5.92 Å². The maximum Gasteiger partial charge on any atom is 0.134 e. The van der Waals surface area contributed by atoms with Gasteiger partial charge in [-0.25, -0.2) is 8.78 Å². The van der Waals surface area contributed by atoms with Gasteiger partial charge in [-0.2, -0.15) is 0 Å². The quantitative estimate of drug-likeness (QED) is 0.680. The number of aryl methyl sites for hydroxylation is 2. The van der Waals surface area contributed by atoms with Crippen molar-refractivity contribution >= 4 is 0 Å². The first-order valence-corrected chi connectivity index (χ1v) is 6.46. The van der Waals surface area contributed by atoms with Gasteiger partial charge in [-0.3, -0.25) is 0 Å². The van der Waals surface area contributed by atoms with Gasteiger partial charge in [0.15, 0.2) is 0 Å². The highest BCUT2D eigenvalue weighted by atomic mass is 19.1. The molecular weight excluding hydrogens is 242 g/mol. The van der Waals surface area contributed by atoms with Crippen molar-refractivity contribution in [2.75, 3.05) is 0 Å². The van der Waals surface area contributed by atoms with Crippen LogP contribution in [-0.4, -0.2) is 0 Å². The van der Waals surface area contributed by atoms with Crippen LogP contribution in [0.15, 0.2) is 30.3 Å². The van der Waals surface area contributed by atoms with Crippen LogP contribution in [0.4, 0.5) is 8.78 Å². The van der Waals surface area contributed by atoms with Crippen LogP contribution in [0, 0.1) is 25.5 Å². The fourth-order valence-corrected chi connectivity index (χ4v) is 2.47. The van der Waals surface area contributed by atoms with E-state index in [0.717, 1.165) is 22.8 Å². The summed E-state index contributed by atoms with van der Waals surface area (Å²) >= 11 is 0.